The van der Waals surface area contributed by atoms with E-state index in [9.17, 15) is 24.6 Å². The van der Waals surface area contributed by atoms with Crippen LogP contribution < -0.4 is 4.90 Å². The maximum absolute atomic E-state index is 13.7. The van der Waals surface area contributed by atoms with E-state index < -0.39 is 29.5 Å². The van der Waals surface area contributed by atoms with Crippen LogP contribution in [0.1, 0.15) is 32.5 Å². The Morgan fingerprint density at radius 3 is 2.70 bits per heavy atom. The van der Waals surface area contributed by atoms with Gasteiger partial charge in [0.2, 0.25) is 5.78 Å². The van der Waals surface area contributed by atoms with Gasteiger partial charge in [0, 0.05) is 22.8 Å². The number of furan rings is 1. The number of ketones is 1. The van der Waals surface area contributed by atoms with Crippen molar-refractivity contribution in [1.29, 1.82) is 0 Å². The van der Waals surface area contributed by atoms with Crippen LogP contribution in [0.5, 0.6) is 0 Å². The first-order valence-electron chi connectivity index (χ1n) is 10.9. The smallest absolute Gasteiger partial charge is 0.335 e. The van der Waals surface area contributed by atoms with Crippen molar-refractivity contribution in [3.8, 4) is 0 Å². The lowest BCUT2D eigenvalue weighted by Crippen LogP contribution is -2.31. The first-order valence-corrected chi connectivity index (χ1v) is 12.1. The van der Waals surface area contributed by atoms with Crippen LogP contribution in [0.4, 0.5) is 5.13 Å². The number of fused-ring (bicyclic) bond motifs is 2. The van der Waals surface area contributed by atoms with Gasteiger partial charge in [0.05, 0.1) is 27.4 Å². The molecule has 0 saturated heterocycles. The summed E-state index contributed by atoms with van der Waals surface area (Å²) >= 11 is 7.12. The molecule has 0 bridgehead atoms. The summed E-state index contributed by atoms with van der Waals surface area (Å²) in [7, 11) is 0. The predicted molar refractivity (Wildman–Crippen MR) is 136 cm³/mol. The summed E-state index contributed by atoms with van der Waals surface area (Å²) in [5.41, 5.74) is 1.24. The Balaban J connectivity index is 1.49. The largest absolute Gasteiger partial charge is 0.503 e. The third-order valence-electron chi connectivity index (χ3n) is 5.99. The average molecular weight is 532 g/mol. The van der Waals surface area contributed by atoms with E-state index in [0.717, 1.165) is 11.3 Å². The highest BCUT2D eigenvalue weighted by Gasteiger charge is 2.46. The summed E-state index contributed by atoms with van der Waals surface area (Å²) < 4.78 is 6.25. The molecule has 0 fully saturated rings. The number of carbonyl (C=O) groups is 3. The molecule has 0 saturated carbocycles. The van der Waals surface area contributed by atoms with Crippen molar-refractivity contribution < 1.29 is 29.0 Å². The van der Waals surface area contributed by atoms with E-state index in [1.165, 1.54) is 35.4 Å². The number of pyridine rings is 1. The van der Waals surface area contributed by atoms with Gasteiger partial charge in [0.1, 0.15) is 5.58 Å². The van der Waals surface area contributed by atoms with Gasteiger partial charge in [-0.15, -0.1) is 0 Å². The molecular weight excluding hydrogens is 518 g/mol. The number of aliphatic hydroxyl groups excluding tert-OH is 1. The highest BCUT2D eigenvalue weighted by atomic mass is 35.5. The summed E-state index contributed by atoms with van der Waals surface area (Å²) in [6.45, 7) is 0. The number of rotatable bonds is 5. The second-order valence-electron chi connectivity index (χ2n) is 8.23. The quantitative estimate of drug-likeness (QED) is 0.281. The number of Topliss-reactive ketones (excluding diaryl/α,β-unsaturated/α-hetero) is 1. The fourth-order valence-corrected chi connectivity index (χ4v) is 5.51. The van der Waals surface area contributed by atoms with Crippen molar-refractivity contribution in [2.24, 2.45) is 0 Å². The molecule has 11 heteroatoms. The molecular formula is C26H14ClN3O6S. The van der Waals surface area contributed by atoms with Crippen LogP contribution in [0.2, 0.25) is 5.02 Å². The normalized spacial score (nSPS) is 15.8. The number of hydrogen-bond acceptors (Lipinski definition) is 8. The van der Waals surface area contributed by atoms with E-state index in [0.29, 0.717) is 31.8 Å². The molecule has 1 aliphatic rings. The number of nitrogens with zero attached hydrogens (tertiary/aromatic N) is 3. The zero-order chi connectivity index (χ0) is 25.8. The molecule has 2 aromatic carbocycles. The second kappa shape index (κ2) is 8.54. The first kappa shape index (κ1) is 22.9. The average Bonchev–Trinajstić information content (AvgIpc) is 3.57. The van der Waals surface area contributed by atoms with Crippen LogP contribution in [0.25, 0.3) is 21.2 Å². The molecule has 1 aliphatic heterocycles. The molecule has 37 heavy (non-hydrogen) atoms. The Morgan fingerprint density at radius 2 is 1.95 bits per heavy atom. The van der Waals surface area contributed by atoms with Gasteiger partial charge in [-0.05, 0) is 54.1 Å². The van der Waals surface area contributed by atoms with Gasteiger partial charge >= 0.3 is 5.97 Å². The lowest BCUT2D eigenvalue weighted by Gasteiger charge is -2.23. The van der Waals surface area contributed by atoms with Crippen LogP contribution in [-0.2, 0) is 4.79 Å². The number of anilines is 1. The number of halogens is 1. The van der Waals surface area contributed by atoms with E-state index in [1.807, 2.05) is 0 Å². The Hall–Kier alpha value is -4.54. The van der Waals surface area contributed by atoms with Gasteiger partial charge < -0.3 is 14.6 Å². The monoisotopic (exact) mass is 531 g/mol. The maximum atomic E-state index is 13.7. The van der Waals surface area contributed by atoms with E-state index in [-0.39, 0.29) is 22.0 Å². The molecule has 1 atom stereocenters. The van der Waals surface area contributed by atoms with Crippen LogP contribution in [-0.4, -0.2) is 37.8 Å². The van der Waals surface area contributed by atoms with Gasteiger partial charge in [-0.2, -0.15) is 0 Å². The summed E-state index contributed by atoms with van der Waals surface area (Å²) in [5, 5.41) is 21.5. The SMILES string of the molecule is O=C(O)c1ccc2nc(N3C(=O)C(O)=C(C(=O)c4cc5cc(Cl)ccc5o4)C3c3cccnc3)sc2c1. The molecule has 6 rings (SSSR count). The minimum atomic E-state index is -1.10. The van der Waals surface area contributed by atoms with Gasteiger partial charge in [-0.3, -0.25) is 19.5 Å². The predicted octanol–water partition coefficient (Wildman–Crippen LogP) is 5.57. The highest BCUT2D eigenvalue weighted by Crippen LogP contribution is 2.44. The van der Waals surface area contributed by atoms with Crippen molar-refractivity contribution in [2.45, 2.75) is 6.04 Å². The molecule has 0 aliphatic carbocycles. The van der Waals surface area contributed by atoms with Gasteiger partial charge in [-0.25, -0.2) is 9.78 Å². The third kappa shape index (κ3) is 3.74. The highest BCUT2D eigenvalue weighted by molar-refractivity contribution is 7.22. The van der Waals surface area contributed by atoms with E-state index in [1.54, 1.807) is 36.5 Å². The lowest BCUT2D eigenvalue weighted by atomic mass is 9.96. The molecule has 1 amide bonds. The Morgan fingerprint density at radius 1 is 1.11 bits per heavy atom. The number of carbonyl (C=O) groups excluding carboxylic acids is 2. The fraction of sp³-hybridized carbons (Fsp3) is 0.0385. The van der Waals surface area contributed by atoms with E-state index in [2.05, 4.69) is 9.97 Å². The number of aromatic carboxylic acids is 1. The molecule has 9 nitrogen and oxygen atoms in total. The summed E-state index contributed by atoms with van der Waals surface area (Å²) in [6.07, 6.45) is 3.04. The first-order chi connectivity index (χ1) is 17.8. The van der Waals surface area contributed by atoms with Gasteiger partial charge in [-0.1, -0.05) is 29.0 Å². The van der Waals surface area contributed by atoms with Crippen LogP contribution in [0.3, 0.4) is 0 Å². The number of thiazole rings is 1. The number of aromatic nitrogens is 2. The number of hydrogen-bond donors (Lipinski definition) is 2. The van der Waals surface area contributed by atoms with Crippen LogP contribution >= 0.6 is 22.9 Å². The standard InChI is InChI=1S/C26H14ClN3O6S/c27-15-4-6-17-14(8-15)9-18(36-17)22(31)20-21(13-2-1-7-28-11-13)30(24(33)23(20)32)26-29-16-5-3-12(25(34)35)10-19(16)37-26/h1-11,21,32H,(H,34,35). The van der Waals surface area contributed by atoms with Crippen molar-refractivity contribution in [1.82, 2.24) is 9.97 Å². The molecule has 5 aromatic rings. The fourth-order valence-electron chi connectivity index (χ4n) is 4.29. The van der Waals surface area contributed by atoms with Crippen molar-refractivity contribution in [2.75, 3.05) is 4.90 Å². The summed E-state index contributed by atoms with van der Waals surface area (Å²) in [5.74, 6) is -3.40. The van der Waals surface area contributed by atoms with Crippen LogP contribution in [0.15, 0.2) is 82.7 Å². The second-order valence-corrected chi connectivity index (χ2v) is 9.68. The molecule has 1 unspecified atom stereocenters. The number of carboxylic acid groups (broad SMARTS) is 1. The summed E-state index contributed by atoms with van der Waals surface area (Å²) in [4.78, 5) is 48.3. The number of aliphatic hydroxyl groups is 1. The molecule has 3 aromatic heterocycles. The van der Waals surface area contributed by atoms with Gasteiger partial charge in [0.15, 0.2) is 16.7 Å². The van der Waals surface area contributed by atoms with Gasteiger partial charge in [0.25, 0.3) is 5.91 Å². The maximum Gasteiger partial charge on any atom is 0.335 e. The molecule has 182 valence electrons. The minimum absolute atomic E-state index is 0.0704. The Labute approximate surface area is 216 Å². The zero-order valence-corrected chi connectivity index (χ0v) is 20.2. The molecule has 0 radical (unpaired) electrons. The number of benzene rings is 2. The van der Waals surface area contributed by atoms with E-state index in [4.69, 9.17) is 16.0 Å². The number of carboxylic acids is 1. The Bertz CT molecular complexity index is 1790. The topological polar surface area (TPSA) is 134 Å². The van der Waals surface area contributed by atoms with E-state index >= 15 is 0 Å². The Kier molecular flexibility index (Phi) is 5.28. The molecule has 0 spiro atoms. The van der Waals surface area contributed by atoms with Crippen molar-refractivity contribution >= 4 is 66.9 Å². The molecule has 2 N–H and O–H groups in total. The zero-order valence-electron chi connectivity index (χ0n) is 18.6. The lowest BCUT2D eigenvalue weighted by molar-refractivity contribution is -0.117. The molecule has 4 heterocycles. The van der Waals surface area contributed by atoms with Crippen LogP contribution in [0, 0.1) is 0 Å². The number of amides is 1. The van der Waals surface area contributed by atoms with Crippen molar-refractivity contribution in [3.63, 3.8) is 0 Å². The third-order valence-corrected chi connectivity index (χ3v) is 7.24. The summed E-state index contributed by atoms with van der Waals surface area (Å²) in [6, 6.07) is 13.1. The van der Waals surface area contributed by atoms with Crippen molar-refractivity contribution in [3.05, 3.63) is 100 Å². The minimum Gasteiger partial charge on any atom is -0.503 e.